The molecule has 0 aromatic heterocycles. The Morgan fingerprint density at radius 1 is 0.484 bits per heavy atom. The first-order chi connectivity index (χ1) is 30.1. The second kappa shape index (κ2) is 43.9. The summed E-state index contributed by atoms with van der Waals surface area (Å²) in [5.74, 6) is -1.79. The summed E-state index contributed by atoms with van der Waals surface area (Å²) in [6.45, 7) is 4.39. The van der Waals surface area contributed by atoms with Gasteiger partial charge < -0.3 is 28.6 Å². The molecule has 0 aliphatic rings. The normalized spacial score (nSPS) is 13.8. The summed E-state index contributed by atoms with van der Waals surface area (Å²) < 4.78 is 17.2. The predicted octanol–water partition coefficient (Wildman–Crippen LogP) is 12.5. The van der Waals surface area contributed by atoms with E-state index >= 15 is 0 Å². The van der Waals surface area contributed by atoms with Gasteiger partial charge in [-0.25, -0.2) is 0 Å². The maximum absolute atomic E-state index is 12.8. The number of likely N-dealkylation sites (N-methyl/N-ethyl adjacent to an activating group) is 1. The molecule has 8 heteroatoms. The number of allylic oxidation sites excluding steroid dienone is 16. The first-order valence-electron chi connectivity index (χ1n) is 24.3. The second-order valence-electron chi connectivity index (χ2n) is 16.9. The summed E-state index contributed by atoms with van der Waals surface area (Å²) in [4.78, 5) is 37.0. The lowest BCUT2D eigenvalue weighted by Crippen LogP contribution is -2.55. The van der Waals surface area contributed by atoms with Crippen LogP contribution in [0.5, 0.6) is 0 Å². The van der Waals surface area contributed by atoms with E-state index in [1.54, 1.807) is 21.1 Å². The van der Waals surface area contributed by atoms with Crippen molar-refractivity contribution in [1.29, 1.82) is 0 Å². The summed E-state index contributed by atoms with van der Waals surface area (Å²) in [5, 5.41) is 11.7. The smallest absolute Gasteiger partial charge is 0.306 e. The maximum atomic E-state index is 12.8. The average molecular weight is 864 g/mol. The molecule has 0 aliphatic heterocycles. The lowest BCUT2D eigenvalue weighted by atomic mass is 10.1. The SMILES string of the molecule is CC/C=C\C/C=C\C/C=C\C/C=C\CCCCCCCCCCC(=O)OC(COCCC(C(=O)[O-])[N+](C)(C)C)COC(=O)CCCCCC/C=C\C/C=C\C/C=C\C/C=C\CC. The number of carbonyl (C=O) groups excluding carboxylic acids is 3. The Kier molecular flexibility index (Phi) is 41.2. The lowest BCUT2D eigenvalue weighted by molar-refractivity contribution is -0.889. The quantitative estimate of drug-likeness (QED) is 0.0261. The number of carboxylic acid groups (broad SMARTS) is 1. The molecule has 0 aromatic rings. The minimum atomic E-state index is -1.13. The number of nitrogens with zero attached hydrogens (tertiary/aromatic N) is 1. The molecule has 0 rings (SSSR count). The monoisotopic (exact) mass is 864 g/mol. The van der Waals surface area contributed by atoms with Gasteiger partial charge in [0.2, 0.25) is 0 Å². The fourth-order valence-corrected chi connectivity index (χ4v) is 6.52. The number of esters is 2. The van der Waals surface area contributed by atoms with Crippen molar-refractivity contribution in [3.8, 4) is 0 Å². The fraction of sp³-hybridized carbons (Fsp3) is 0.648. The Labute approximate surface area is 379 Å². The zero-order valence-corrected chi connectivity index (χ0v) is 40.0. The van der Waals surface area contributed by atoms with Crippen LogP contribution < -0.4 is 5.11 Å². The Balaban J connectivity index is 4.35. The topological polar surface area (TPSA) is 102 Å². The van der Waals surface area contributed by atoms with Crippen LogP contribution in [0, 0.1) is 0 Å². The molecule has 0 N–H and O–H groups in total. The Bertz CT molecular complexity index is 1330. The molecule has 352 valence electrons. The number of hydrogen-bond donors (Lipinski definition) is 0. The van der Waals surface area contributed by atoms with Crippen molar-refractivity contribution in [1.82, 2.24) is 0 Å². The molecular weight excluding hydrogens is 775 g/mol. The van der Waals surface area contributed by atoms with E-state index in [4.69, 9.17) is 14.2 Å². The number of rotatable bonds is 42. The highest BCUT2D eigenvalue weighted by Gasteiger charge is 2.25. The van der Waals surface area contributed by atoms with E-state index in [0.717, 1.165) is 116 Å². The lowest BCUT2D eigenvalue weighted by Gasteiger charge is -2.34. The highest BCUT2D eigenvalue weighted by Crippen LogP contribution is 2.13. The van der Waals surface area contributed by atoms with Gasteiger partial charge in [0.05, 0.1) is 40.3 Å². The Morgan fingerprint density at radius 3 is 1.26 bits per heavy atom. The molecule has 62 heavy (non-hydrogen) atoms. The van der Waals surface area contributed by atoms with Gasteiger partial charge in [-0.2, -0.15) is 0 Å². The highest BCUT2D eigenvalue weighted by atomic mass is 16.6. The molecule has 0 aliphatic carbocycles. The summed E-state index contributed by atoms with van der Waals surface area (Å²) >= 11 is 0. The van der Waals surface area contributed by atoms with Crippen molar-refractivity contribution in [3.63, 3.8) is 0 Å². The van der Waals surface area contributed by atoms with Crippen molar-refractivity contribution in [2.45, 2.75) is 187 Å². The summed E-state index contributed by atoms with van der Waals surface area (Å²) in [6, 6.07) is -0.737. The van der Waals surface area contributed by atoms with Crippen LogP contribution in [0.3, 0.4) is 0 Å². The number of hydrogen-bond acceptors (Lipinski definition) is 7. The predicted molar refractivity (Wildman–Crippen MR) is 258 cm³/mol. The van der Waals surface area contributed by atoms with Gasteiger partial charge >= 0.3 is 11.9 Å². The third-order valence-electron chi connectivity index (χ3n) is 10.2. The maximum Gasteiger partial charge on any atom is 0.306 e. The standard InChI is InChI=1S/C54H89NO7/c1-6-8-10-12-14-16-18-20-22-24-25-26-27-29-31-33-35-37-39-41-43-45-53(57)62-50(48-60-47-46-51(54(58)59)55(3,4)5)49-61-52(56)44-42-40-38-36-34-32-30-28-23-21-19-17-15-13-11-9-7-2/h8-11,14-17,20-23,25-26,30,32,50-51H,6-7,12-13,18-19,24,27-29,31,33-49H2,1-5H3/b10-8-,11-9-,16-14-,17-15-,22-20-,23-21-,26-25-,32-30-. The van der Waals surface area contributed by atoms with E-state index < -0.39 is 18.1 Å². The molecule has 0 saturated carbocycles. The number of carboxylic acids is 1. The highest BCUT2D eigenvalue weighted by molar-refractivity contribution is 5.70. The van der Waals surface area contributed by atoms with Gasteiger partial charge in [-0.1, -0.05) is 162 Å². The minimum Gasteiger partial charge on any atom is -0.544 e. The van der Waals surface area contributed by atoms with E-state index in [0.29, 0.717) is 12.8 Å². The number of aliphatic carboxylic acids is 1. The molecule has 8 nitrogen and oxygen atoms in total. The van der Waals surface area contributed by atoms with Crippen LogP contribution in [0.15, 0.2) is 97.2 Å². The van der Waals surface area contributed by atoms with Crippen LogP contribution in [0.2, 0.25) is 0 Å². The molecule has 0 fully saturated rings. The first kappa shape index (κ1) is 58.2. The molecule has 2 atom stereocenters. The molecule has 0 saturated heterocycles. The van der Waals surface area contributed by atoms with Gasteiger partial charge in [-0.15, -0.1) is 0 Å². The van der Waals surface area contributed by atoms with Crippen LogP contribution >= 0.6 is 0 Å². The fourth-order valence-electron chi connectivity index (χ4n) is 6.52. The van der Waals surface area contributed by atoms with Gasteiger partial charge in [-0.05, 0) is 89.9 Å². The zero-order valence-electron chi connectivity index (χ0n) is 40.0. The van der Waals surface area contributed by atoms with Crippen LogP contribution in [0.1, 0.15) is 174 Å². The molecular formula is C54H89NO7. The molecule has 0 radical (unpaired) electrons. The molecule has 0 heterocycles. The number of quaternary nitrogens is 1. The third kappa shape index (κ3) is 41.6. The van der Waals surface area contributed by atoms with E-state index in [9.17, 15) is 19.5 Å². The van der Waals surface area contributed by atoms with Crippen molar-refractivity contribution in [2.24, 2.45) is 0 Å². The van der Waals surface area contributed by atoms with Crippen LogP contribution in [0.4, 0.5) is 0 Å². The van der Waals surface area contributed by atoms with Crippen LogP contribution in [-0.4, -0.2) is 75.5 Å². The number of ether oxygens (including phenoxy) is 3. The van der Waals surface area contributed by atoms with Gasteiger partial charge in [0, 0.05) is 19.3 Å². The zero-order chi connectivity index (χ0) is 45.6. The second-order valence-corrected chi connectivity index (χ2v) is 16.9. The van der Waals surface area contributed by atoms with Crippen molar-refractivity contribution >= 4 is 17.9 Å². The van der Waals surface area contributed by atoms with Crippen molar-refractivity contribution < 1.29 is 38.2 Å². The summed E-state index contributed by atoms with van der Waals surface area (Å²) in [7, 11) is 5.39. The van der Waals surface area contributed by atoms with Crippen LogP contribution in [-0.2, 0) is 28.6 Å². The van der Waals surface area contributed by atoms with Gasteiger partial charge in [0.15, 0.2) is 6.10 Å². The van der Waals surface area contributed by atoms with E-state index in [2.05, 4.69) is 111 Å². The third-order valence-corrected chi connectivity index (χ3v) is 10.2. The van der Waals surface area contributed by atoms with Crippen molar-refractivity contribution in [3.05, 3.63) is 97.2 Å². The first-order valence-corrected chi connectivity index (χ1v) is 24.3. The van der Waals surface area contributed by atoms with Gasteiger partial charge in [-0.3, -0.25) is 9.59 Å². The van der Waals surface area contributed by atoms with E-state index in [-0.39, 0.29) is 42.7 Å². The Hall–Kier alpha value is -3.75. The largest absolute Gasteiger partial charge is 0.544 e. The molecule has 0 spiro atoms. The summed E-state index contributed by atoms with van der Waals surface area (Å²) in [5.41, 5.74) is 0. The van der Waals surface area contributed by atoms with E-state index in [1.165, 1.54) is 25.7 Å². The minimum absolute atomic E-state index is 0.0233. The molecule has 0 amide bonds. The van der Waals surface area contributed by atoms with Crippen LogP contribution in [0.25, 0.3) is 0 Å². The van der Waals surface area contributed by atoms with E-state index in [1.807, 2.05) is 0 Å². The molecule has 0 aromatic carbocycles. The Morgan fingerprint density at radius 2 is 0.855 bits per heavy atom. The van der Waals surface area contributed by atoms with Gasteiger partial charge in [0.1, 0.15) is 12.6 Å². The average Bonchev–Trinajstić information content (AvgIpc) is 3.23. The summed E-state index contributed by atoms with van der Waals surface area (Å²) in [6.07, 6.45) is 58.6. The molecule has 2 unspecified atom stereocenters. The van der Waals surface area contributed by atoms with Gasteiger partial charge in [0.25, 0.3) is 0 Å². The number of unbranched alkanes of at least 4 members (excludes halogenated alkanes) is 12. The number of carbonyl (C=O) groups is 3. The van der Waals surface area contributed by atoms with Crippen molar-refractivity contribution in [2.75, 3.05) is 41.0 Å². The molecule has 0 bridgehead atoms.